The third-order valence-corrected chi connectivity index (χ3v) is 4.83. The van der Waals surface area contributed by atoms with E-state index in [2.05, 4.69) is 36.0 Å². The van der Waals surface area contributed by atoms with Gasteiger partial charge in [-0.15, -0.1) is 0 Å². The summed E-state index contributed by atoms with van der Waals surface area (Å²) in [6, 6.07) is 10.1. The van der Waals surface area contributed by atoms with Crippen LogP contribution in [0.15, 0.2) is 47.4 Å². The number of H-pyrrole nitrogens is 1. The van der Waals surface area contributed by atoms with E-state index in [1.807, 2.05) is 30.5 Å². The number of aromatic amines is 1. The minimum Gasteiger partial charge on any atom is -0.356 e. The Morgan fingerprint density at radius 3 is 2.80 bits per heavy atom. The van der Waals surface area contributed by atoms with E-state index >= 15 is 0 Å². The van der Waals surface area contributed by atoms with E-state index in [1.165, 1.54) is 0 Å². The van der Waals surface area contributed by atoms with Crippen LogP contribution in [-0.2, 0) is 6.54 Å². The first-order valence-corrected chi connectivity index (χ1v) is 8.47. The molecule has 0 unspecified atom stereocenters. The SMILES string of the molecule is c1ccc2c(CN3CCN(c4ncnc5[nH]ccc45)CC3)noc2c1. The number of nitrogens with one attached hydrogen (secondary N) is 1. The van der Waals surface area contributed by atoms with Crippen LogP contribution in [0.25, 0.3) is 22.0 Å². The lowest BCUT2D eigenvalue weighted by molar-refractivity contribution is 0.243. The highest BCUT2D eigenvalue weighted by molar-refractivity contribution is 5.87. The molecule has 0 aliphatic carbocycles. The van der Waals surface area contributed by atoms with Crippen molar-refractivity contribution in [1.82, 2.24) is 25.0 Å². The first-order valence-electron chi connectivity index (χ1n) is 8.47. The van der Waals surface area contributed by atoms with E-state index in [9.17, 15) is 0 Å². The van der Waals surface area contributed by atoms with Crippen molar-refractivity contribution in [2.24, 2.45) is 0 Å². The molecule has 3 aromatic heterocycles. The van der Waals surface area contributed by atoms with Crippen molar-refractivity contribution in [3.05, 3.63) is 48.5 Å². The smallest absolute Gasteiger partial charge is 0.167 e. The second-order valence-corrected chi connectivity index (χ2v) is 6.33. The third kappa shape index (κ3) is 2.53. The summed E-state index contributed by atoms with van der Waals surface area (Å²) < 4.78 is 5.41. The predicted molar refractivity (Wildman–Crippen MR) is 95.4 cm³/mol. The summed E-state index contributed by atoms with van der Waals surface area (Å²) in [7, 11) is 0. The van der Waals surface area contributed by atoms with Crippen LogP contribution in [-0.4, -0.2) is 51.2 Å². The number of hydrogen-bond acceptors (Lipinski definition) is 6. The van der Waals surface area contributed by atoms with Gasteiger partial charge in [-0.3, -0.25) is 4.90 Å². The van der Waals surface area contributed by atoms with E-state index in [0.29, 0.717) is 0 Å². The van der Waals surface area contributed by atoms with Crippen molar-refractivity contribution in [2.45, 2.75) is 6.54 Å². The van der Waals surface area contributed by atoms with Gasteiger partial charge in [-0.05, 0) is 18.2 Å². The monoisotopic (exact) mass is 334 g/mol. The van der Waals surface area contributed by atoms with Gasteiger partial charge in [-0.25, -0.2) is 9.97 Å². The van der Waals surface area contributed by atoms with Crippen LogP contribution in [0.2, 0.25) is 0 Å². The number of para-hydroxylation sites is 1. The number of anilines is 1. The molecule has 7 nitrogen and oxygen atoms in total. The Bertz CT molecular complexity index is 1010. The molecule has 1 aromatic carbocycles. The lowest BCUT2D eigenvalue weighted by Crippen LogP contribution is -2.46. The zero-order chi connectivity index (χ0) is 16.6. The number of benzene rings is 1. The minimum atomic E-state index is 0.814. The quantitative estimate of drug-likeness (QED) is 0.620. The van der Waals surface area contributed by atoms with Crippen molar-refractivity contribution >= 4 is 27.8 Å². The van der Waals surface area contributed by atoms with E-state index in [4.69, 9.17) is 4.52 Å². The maximum Gasteiger partial charge on any atom is 0.167 e. The number of rotatable bonds is 3. The van der Waals surface area contributed by atoms with Crippen molar-refractivity contribution in [1.29, 1.82) is 0 Å². The number of fused-ring (bicyclic) bond motifs is 2. The molecule has 1 aliphatic rings. The Morgan fingerprint density at radius 2 is 1.88 bits per heavy atom. The molecular formula is C18H18N6O. The highest BCUT2D eigenvalue weighted by Gasteiger charge is 2.21. The van der Waals surface area contributed by atoms with E-state index in [-0.39, 0.29) is 0 Å². The molecule has 1 saturated heterocycles. The summed E-state index contributed by atoms with van der Waals surface area (Å²) in [5.74, 6) is 1.01. The maximum atomic E-state index is 5.41. The van der Waals surface area contributed by atoms with Gasteiger partial charge in [0, 0.05) is 44.3 Å². The Balaban J connectivity index is 1.31. The third-order valence-electron chi connectivity index (χ3n) is 4.83. The highest BCUT2D eigenvalue weighted by atomic mass is 16.5. The Morgan fingerprint density at radius 1 is 1.00 bits per heavy atom. The molecule has 126 valence electrons. The molecule has 1 aliphatic heterocycles. The minimum absolute atomic E-state index is 0.814. The molecule has 1 fully saturated rings. The fraction of sp³-hybridized carbons (Fsp3) is 0.278. The normalized spacial score (nSPS) is 16.1. The van der Waals surface area contributed by atoms with Gasteiger partial charge in [0.25, 0.3) is 0 Å². The number of hydrogen-bond donors (Lipinski definition) is 1. The van der Waals surface area contributed by atoms with Crippen molar-refractivity contribution in [2.75, 3.05) is 31.1 Å². The fourth-order valence-corrected chi connectivity index (χ4v) is 3.49. The second kappa shape index (κ2) is 5.86. The molecule has 0 atom stereocenters. The summed E-state index contributed by atoms with van der Waals surface area (Å²) in [5, 5.41) is 6.43. The van der Waals surface area contributed by atoms with Crippen LogP contribution in [0.4, 0.5) is 5.82 Å². The van der Waals surface area contributed by atoms with Gasteiger partial charge in [-0.1, -0.05) is 17.3 Å². The van der Waals surface area contributed by atoms with Gasteiger partial charge in [0.1, 0.15) is 23.5 Å². The van der Waals surface area contributed by atoms with Crippen molar-refractivity contribution in [3.8, 4) is 0 Å². The van der Waals surface area contributed by atoms with Crippen LogP contribution in [0.1, 0.15) is 5.69 Å². The summed E-state index contributed by atoms with van der Waals surface area (Å²) in [4.78, 5) is 16.7. The molecule has 5 rings (SSSR count). The molecular weight excluding hydrogens is 316 g/mol. The summed E-state index contributed by atoms with van der Waals surface area (Å²) in [6.45, 7) is 4.63. The topological polar surface area (TPSA) is 74.1 Å². The second-order valence-electron chi connectivity index (χ2n) is 6.33. The molecule has 0 saturated carbocycles. The molecule has 0 spiro atoms. The van der Waals surface area contributed by atoms with Crippen molar-refractivity contribution in [3.63, 3.8) is 0 Å². The lowest BCUT2D eigenvalue weighted by atomic mass is 10.2. The molecule has 4 aromatic rings. The number of piperazine rings is 1. The average molecular weight is 334 g/mol. The molecule has 0 amide bonds. The van der Waals surface area contributed by atoms with Crippen LogP contribution >= 0.6 is 0 Å². The first kappa shape index (κ1) is 14.4. The lowest BCUT2D eigenvalue weighted by Gasteiger charge is -2.35. The first-order chi connectivity index (χ1) is 12.4. The molecule has 0 bridgehead atoms. The number of nitrogens with zero attached hydrogens (tertiary/aromatic N) is 5. The summed E-state index contributed by atoms with van der Waals surface area (Å²) in [5.41, 5.74) is 2.76. The van der Waals surface area contributed by atoms with Crippen LogP contribution in [0, 0.1) is 0 Å². The molecule has 4 heterocycles. The van der Waals surface area contributed by atoms with Crippen molar-refractivity contribution < 1.29 is 4.52 Å². The molecule has 0 radical (unpaired) electrons. The van der Waals surface area contributed by atoms with Gasteiger partial charge >= 0.3 is 0 Å². The van der Waals surface area contributed by atoms with E-state index in [0.717, 1.165) is 66.2 Å². The van der Waals surface area contributed by atoms with Gasteiger partial charge in [0.05, 0.1) is 5.39 Å². The van der Waals surface area contributed by atoms with E-state index < -0.39 is 0 Å². The van der Waals surface area contributed by atoms with Gasteiger partial charge in [0.2, 0.25) is 0 Å². The zero-order valence-corrected chi connectivity index (χ0v) is 13.7. The largest absolute Gasteiger partial charge is 0.356 e. The predicted octanol–water partition coefficient (Wildman–Crippen LogP) is 2.42. The maximum absolute atomic E-state index is 5.41. The standard InChI is InChI=1S/C18H18N6O/c1-2-4-16-13(3-1)15(22-25-16)11-23-7-9-24(10-8-23)18-14-5-6-19-17(14)20-12-21-18/h1-6,12H,7-11H2,(H,19,20,21). The van der Waals surface area contributed by atoms with Gasteiger partial charge in [-0.2, -0.15) is 0 Å². The average Bonchev–Trinajstić information content (AvgIpc) is 3.29. The fourth-order valence-electron chi connectivity index (χ4n) is 3.49. The summed E-state index contributed by atoms with van der Waals surface area (Å²) >= 11 is 0. The van der Waals surface area contributed by atoms with Crippen LogP contribution in [0.5, 0.6) is 0 Å². The molecule has 25 heavy (non-hydrogen) atoms. The van der Waals surface area contributed by atoms with Crippen LogP contribution < -0.4 is 4.90 Å². The Hall–Kier alpha value is -2.93. The Kier molecular flexibility index (Phi) is 3.38. The van der Waals surface area contributed by atoms with Crippen LogP contribution in [0.3, 0.4) is 0 Å². The molecule has 7 heteroatoms. The molecule has 1 N–H and O–H groups in total. The van der Waals surface area contributed by atoms with Gasteiger partial charge < -0.3 is 14.4 Å². The summed E-state index contributed by atoms with van der Waals surface area (Å²) in [6.07, 6.45) is 3.54. The van der Waals surface area contributed by atoms with Gasteiger partial charge in [0.15, 0.2) is 5.58 Å². The number of aromatic nitrogens is 4. The Labute approximate surface area is 144 Å². The zero-order valence-electron chi connectivity index (χ0n) is 13.7. The van der Waals surface area contributed by atoms with E-state index in [1.54, 1.807) is 6.33 Å². The highest BCUT2D eigenvalue weighted by Crippen LogP contribution is 2.24.